The van der Waals surface area contributed by atoms with Crippen LogP contribution in [0.1, 0.15) is 17.5 Å². The summed E-state index contributed by atoms with van der Waals surface area (Å²) in [6, 6.07) is 12.6. The van der Waals surface area contributed by atoms with E-state index in [4.69, 9.17) is 0 Å². The van der Waals surface area contributed by atoms with Gasteiger partial charge in [-0.15, -0.1) is 0 Å². The highest BCUT2D eigenvalue weighted by atomic mass is 19.1. The Morgan fingerprint density at radius 3 is 2.76 bits per heavy atom. The van der Waals surface area contributed by atoms with Gasteiger partial charge in [0, 0.05) is 36.6 Å². The van der Waals surface area contributed by atoms with Gasteiger partial charge in [-0.3, -0.25) is 4.79 Å². The SMILES string of the molecule is O=C1Cc2c(N3CCCNCC3)cccc2N1Cc1cccc(F)c1. The molecule has 1 saturated heterocycles. The van der Waals surface area contributed by atoms with Gasteiger partial charge in [-0.1, -0.05) is 18.2 Å². The summed E-state index contributed by atoms with van der Waals surface area (Å²) in [4.78, 5) is 16.8. The Morgan fingerprint density at radius 1 is 1.04 bits per heavy atom. The van der Waals surface area contributed by atoms with Gasteiger partial charge in [0.05, 0.1) is 13.0 Å². The zero-order valence-corrected chi connectivity index (χ0v) is 14.2. The number of amides is 1. The van der Waals surface area contributed by atoms with E-state index in [0.717, 1.165) is 55.1 Å². The lowest BCUT2D eigenvalue weighted by Crippen LogP contribution is -2.28. The summed E-state index contributed by atoms with van der Waals surface area (Å²) >= 11 is 0. The van der Waals surface area contributed by atoms with Crippen LogP contribution in [0, 0.1) is 5.82 Å². The largest absolute Gasteiger partial charge is 0.370 e. The first-order chi connectivity index (χ1) is 12.2. The van der Waals surface area contributed by atoms with E-state index in [0.29, 0.717) is 13.0 Å². The lowest BCUT2D eigenvalue weighted by Gasteiger charge is -2.25. The average molecular weight is 339 g/mol. The number of nitrogens with one attached hydrogen (secondary N) is 1. The molecule has 1 N–H and O–H groups in total. The van der Waals surface area contributed by atoms with Gasteiger partial charge in [-0.25, -0.2) is 4.39 Å². The van der Waals surface area contributed by atoms with Crippen molar-refractivity contribution in [2.45, 2.75) is 19.4 Å². The monoisotopic (exact) mass is 339 g/mol. The molecule has 0 atom stereocenters. The maximum Gasteiger partial charge on any atom is 0.231 e. The van der Waals surface area contributed by atoms with Gasteiger partial charge in [0.25, 0.3) is 0 Å². The van der Waals surface area contributed by atoms with Crippen molar-refractivity contribution in [3.05, 3.63) is 59.4 Å². The number of rotatable bonds is 3. The van der Waals surface area contributed by atoms with Crippen LogP contribution in [0.15, 0.2) is 42.5 Å². The molecule has 2 aliphatic rings. The fraction of sp³-hybridized carbons (Fsp3) is 0.350. The van der Waals surface area contributed by atoms with Crippen molar-refractivity contribution in [3.8, 4) is 0 Å². The van der Waals surface area contributed by atoms with Crippen molar-refractivity contribution in [2.75, 3.05) is 36.0 Å². The van der Waals surface area contributed by atoms with E-state index in [2.05, 4.69) is 16.3 Å². The van der Waals surface area contributed by atoms with Gasteiger partial charge in [0.1, 0.15) is 5.82 Å². The Hall–Kier alpha value is -2.40. The van der Waals surface area contributed by atoms with Crippen LogP contribution >= 0.6 is 0 Å². The van der Waals surface area contributed by atoms with Crippen LogP contribution in [0.2, 0.25) is 0 Å². The first kappa shape index (κ1) is 16.1. The lowest BCUT2D eigenvalue weighted by atomic mass is 10.1. The number of nitrogens with zero attached hydrogens (tertiary/aromatic N) is 2. The van der Waals surface area contributed by atoms with E-state index >= 15 is 0 Å². The summed E-state index contributed by atoms with van der Waals surface area (Å²) in [5, 5.41) is 3.42. The standard InChI is InChI=1S/C20H22FN3O/c21-16-5-1-4-15(12-16)14-24-19-7-2-6-18(17(19)13-20(24)25)23-10-3-8-22-9-11-23/h1-2,4-7,12,22H,3,8-11,13-14H2. The van der Waals surface area contributed by atoms with Crippen molar-refractivity contribution in [2.24, 2.45) is 0 Å². The number of hydrogen-bond donors (Lipinski definition) is 1. The quantitative estimate of drug-likeness (QED) is 0.934. The molecule has 0 saturated carbocycles. The fourth-order valence-electron chi connectivity index (χ4n) is 3.75. The summed E-state index contributed by atoms with van der Waals surface area (Å²) in [6.45, 7) is 4.37. The summed E-state index contributed by atoms with van der Waals surface area (Å²) in [5.74, 6) is -0.185. The molecule has 1 amide bonds. The summed E-state index contributed by atoms with van der Waals surface area (Å²) in [5.41, 5.74) is 4.04. The van der Waals surface area contributed by atoms with Crippen LogP contribution in [0.5, 0.6) is 0 Å². The smallest absolute Gasteiger partial charge is 0.231 e. The number of carbonyl (C=O) groups is 1. The van der Waals surface area contributed by atoms with Gasteiger partial charge in [-0.2, -0.15) is 0 Å². The molecule has 2 aromatic rings. The van der Waals surface area contributed by atoms with Crippen LogP contribution < -0.4 is 15.1 Å². The number of fused-ring (bicyclic) bond motifs is 1. The minimum atomic E-state index is -0.268. The van der Waals surface area contributed by atoms with E-state index in [1.54, 1.807) is 11.0 Å². The molecule has 0 aromatic heterocycles. The number of halogens is 1. The minimum Gasteiger partial charge on any atom is -0.370 e. The van der Waals surface area contributed by atoms with Gasteiger partial charge < -0.3 is 15.1 Å². The van der Waals surface area contributed by atoms with E-state index in [9.17, 15) is 9.18 Å². The highest BCUT2D eigenvalue weighted by Crippen LogP contribution is 2.37. The molecular formula is C20H22FN3O. The van der Waals surface area contributed by atoms with Gasteiger partial charge in [0.15, 0.2) is 0 Å². The van der Waals surface area contributed by atoms with Crippen molar-refractivity contribution in [1.82, 2.24) is 5.32 Å². The molecule has 130 valence electrons. The molecule has 25 heavy (non-hydrogen) atoms. The predicted molar refractivity (Wildman–Crippen MR) is 97.4 cm³/mol. The summed E-state index contributed by atoms with van der Waals surface area (Å²) in [7, 11) is 0. The van der Waals surface area contributed by atoms with Crippen molar-refractivity contribution in [1.29, 1.82) is 0 Å². The summed E-state index contributed by atoms with van der Waals surface area (Å²) in [6.07, 6.45) is 1.52. The highest BCUT2D eigenvalue weighted by Gasteiger charge is 2.30. The van der Waals surface area contributed by atoms with Crippen LogP contribution in [0.25, 0.3) is 0 Å². The zero-order valence-electron chi connectivity index (χ0n) is 14.2. The zero-order chi connectivity index (χ0) is 17.2. The molecule has 2 heterocycles. The van der Waals surface area contributed by atoms with E-state index < -0.39 is 0 Å². The molecule has 5 heteroatoms. The molecular weight excluding hydrogens is 317 g/mol. The van der Waals surface area contributed by atoms with Gasteiger partial charge in [-0.05, 0) is 42.8 Å². The van der Waals surface area contributed by atoms with Crippen LogP contribution in [0.3, 0.4) is 0 Å². The first-order valence-corrected chi connectivity index (χ1v) is 8.85. The molecule has 2 aromatic carbocycles. The van der Waals surface area contributed by atoms with Crippen molar-refractivity contribution in [3.63, 3.8) is 0 Å². The Bertz CT molecular complexity index is 784. The first-order valence-electron chi connectivity index (χ1n) is 8.85. The molecule has 0 radical (unpaired) electrons. The average Bonchev–Trinajstić information content (AvgIpc) is 2.79. The molecule has 1 fully saturated rings. The number of benzene rings is 2. The van der Waals surface area contributed by atoms with E-state index in [1.165, 1.54) is 12.1 Å². The topological polar surface area (TPSA) is 35.6 Å². The fourth-order valence-corrected chi connectivity index (χ4v) is 3.75. The molecule has 2 aliphatic heterocycles. The maximum atomic E-state index is 13.5. The third kappa shape index (κ3) is 3.24. The molecule has 0 spiro atoms. The van der Waals surface area contributed by atoms with E-state index in [1.807, 2.05) is 18.2 Å². The van der Waals surface area contributed by atoms with Gasteiger partial charge >= 0.3 is 0 Å². The second-order valence-electron chi connectivity index (χ2n) is 6.65. The number of anilines is 2. The number of carbonyl (C=O) groups excluding carboxylic acids is 1. The molecule has 4 rings (SSSR count). The maximum absolute atomic E-state index is 13.5. The van der Waals surface area contributed by atoms with Crippen molar-refractivity contribution < 1.29 is 9.18 Å². The molecule has 4 nitrogen and oxygen atoms in total. The summed E-state index contributed by atoms with van der Waals surface area (Å²) < 4.78 is 13.5. The molecule has 0 bridgehead atoms. The van der Waals surface area contributed by atoms with E-state index in [-0.39, 0.29) is 11.7 Å². The number of hydrogen-bond acceptors (Lipinski definition) is 3. The Labute approximate surface area is 147 Å². The Morgan fingerprint density at radius 2 is 1.88 bits per heavy atom. The lowest BCUT2D eigenvalue weighted by molar-refractivity contribution is -0.117. The Balaban J connectivity index is 1.64. The second-order valence-corrected chi connectivity index (χ2v) is 6.65. The normalized spacial score (nSPS) is 17.6. The Kier molecular flexibility index (Phi) is 4.40. The van der Waals surface area contributed by atoms with Gasteiger partial charge in [0.2, 0.25) is 5.91 Å². The third-order valence-electron chi connectivity index (χ3n) is 4.96. The molecule has 0 unspecified atom stereocenters. The minimum absolute atomic E-state index is 0.0830. The third-order valence-corrected chi connectivity index (χ3v) is 4.96. The highest BCUT2D eigenvalue weighted by molar-refractivity contribution is 6.03. The predicted octanol–water partition coefficient (Wildman–Crippen LogP) is 2.71. The van der Waals surface area contributed by atoms with Crippen LogP contribution in [-0.2, 0) is 17.8 Å². The van der Waals surface area contributed by atoms with Crippen molar-refractivity contribution >= 4 is 17.3 Å². The van der Waals surface area contributed by atoms with Crippen LogP contribution in [0.4, 0.5) is 15.8 Å². The van der Waals surface area contributed by atoms with Crippen LogP contribution in [-0.4, -0.2) is 32.1 Å². The second kappa shape index (κ2) is 6.84. The molecule has 0 aliphatic carbocycles.